The van der Waals surface area contributed by atoms with Gasteiger partial charge in [-0.05, 0) is 63.4 Å². The highest BCUT2D eigenvalue weighted by molar-refractivity contribution is 8.00. The molecule has 1 amide bonds. The molecule has 24 heavy (non-hydrogen) atoms. The number of carbonyl (C=O) groups is 1. The number of piperidine rings is 2. The van der Waals surface area contributed by atoms with Crippen molar-refractivity contribution < 1.29 is 4.79 Å². The van der Waals surface area contributed by atoms with Gasteiger partial charge in [0.1, 0.15) is 0 Å². The summed E-state index contributed by atoms with van der Waals surface area (Å²) in [6.07, 6.45) is 4.14. The van der Waals surface area contributed by atoms with E-state index >= 15 is 0 Å². The van der Waals surface area contributed by atoms with Crippen molar-refractivity contribution >= 4 is 41.7 Å². The van der Waals surface area contributed by atoms with Crippen LogP contribution in [0.1, 0.15) is 32.6 Å². The van der Waals surface area contributed by atoms with E-state index in [4.69, 9.17) is 11.6 Å². The second-order valence-electron chi connectivity index (χ2n) is 6.67. The maximum absolute atomic E-state index is 12.7. The van der Waals surface area contributed by atoms with Gasteiger partial charge < -0.3 is 10.2 Å². The summed E-state index contributed by atoms with van der Waals surface area (Å²) < 4.78 is 0. The zero-order valence-electron chi connectivity index (χ0n) is 14.0. The molecule has 0 aliphatic carbocycles. The summed E-state index contributed by atoms with van der Waals surface area (Å²) in [6, 6.07) is 8.53. The highest BCUT2D eigenvalue weighted by Crippen LogP contribution is 2.32. The molecule has 134 valence electrons. The number of thioether (sulfide) groups is 1. The van der Waals surface area contributed by atoms with E-state index in [-0.39, 0.29) is 18.3 Å². The summed E-state index contributed by atoms with van der Waals surface area (Å²) in [6.45, 7) is 4.96. The molecule has 2 aliphatic heterocycles. The zero-order valence-corrected chi connectivity index (χ0v) is 16.4. The zero-order chi connectivity index (χ0) is 16.2. The molecular weight excluding hydrogens is 363 g/mol. The van der Waals surface area contributed by atoms with E-state index in [1.165, 1.54) is 4.90 Å². The van der Waals surface area contributed by atoms with Crippen molar-refractivity contribution in [2.24, 2.45) is 5.92 Å². The number of nitrogens with one attached hydrogen (secondary N) is 1. The van der Waals surface area contributed by atoms with Gasteiger partial charge in [-0.25, -0.2) is 0 Å². The van der Waals surface area contributed by atoms with E-state index in [0.29, 0.717) is 17.2 Å². The van der Waals surface area contributed by atoms with Crippen LogP contribution in [0.3, 0.4) is 0 Å². The van der Waals surface area contributed by atoms with E-state index in [1.807, 2.05) is 23.9 Å². The highest BCUT2D eigenvalue weighted by atomic mass is 35.5. The maximum Gasteiger partial charge on any atom is 0.225 e. The molecule has 0 spiro atoms. The maximum atomic E-state index is 12.7. The Balaban J connectivity index is 0.00000208. The lowest BCUT2D eigenvalue weighted by Gasteiger charge is -2.36. The Kier molecular flexibility index (Phi) is 7.73. The number of halogens is 2. The van der Waals surface area contributed by atoms with Crippen LogP contribution in [0.2, 0.25) is 5.02 Å². The summed E-state index contributed by atoms with van der Waals surface area (Å²) in [4.78, 5) is 16.0. The van der Waals surface area contributed by atoms with Gasteiger partial charge in [0.05, 0.1) is 0 Å². The van der Waals surface area contributed by atoms with Crippen LogP contribution in [-0.4, -0.2) is 41.7 Å². The Morgan fingerprint density at radius 2 is 1.88 bits per heavy atom. The molecular formula is C18H26Cl2N2OS. The number of carbonyl (C=O) groups excluding carboxylic acids is 1. The van der Waals surface area contributed by atoms with Gasteiger partial charge in [0.2, 0.25) is 5.91 Å². The lowest BCUT2D eigenvalue weighted by Crippen LogP contribution is -2.47. The largest absolute Gasteiger partial charge is 0.342 e. The van der Waals surface area contributed by atoms with E-state index in [9.17, 15) is 4.79 Å². The molecule has 6 heteroatoms. The van der Waals surface area contributed by atoms with Crippen molar-refractivity contribution in [3.8, 4) is 0 Å². The second-order valence-corrected chi connectivity index (χ2v) is 8.48. The number of nitrogens with zero attached hydrogens (tertiary/aromatic N) is 1. The van der Waals surface area contributed by atoms with Crippen LogP contribution in [0.4, 0.5) is 0 Å². The molecule has 1 N–H and O–H groups in total. The van der Waals surface area contributed by atoms with Crippen LogP contribution >= 0.6 is 35.8 Å². The van der Waals surface area contributed by atoms with Gasteiger partial charge in [-0.2, -0.15) is 0 Å². The third-order valence-electron chi connectivity index (χ3n) is 4.84. The second kappa shape index (κ2) is 9.33. The quantitative estimate of drug-likeness (QED) is 0.840. The normalized spacial score (nSPS) is 25.2. The molecule has 3 rings (SSSR count). The fourth-order valence-electron chi connectivity index (χ4n) is 3.51. The molecule has 0 unspecified atom stereocenters. The molecule has 0 saturated carbocycles. The molecule has 2 heterocycles. The highest BCUT2D eigenvalue weighted by Gasteiger charge is 2.31. The van der Waals surface area contributed by atoms with Crippen LogP contribution in [0.5, 0.6) is 0 Å². The number of benzene rings is 1. The van der Waals surface area contributed by atoms with Gasteiger partial charge in [-0.15, -0.1) is 24.2 Å². The molecule has 2 aliphatic rings. The minimum atomic E-state index is 0. The molecule has 0 radical (unpaired) electrons. The first kappa shape index (κ1) is 19.9. The van der Waals surface area contributed by atoms with Gasteiger partial charge in [-0.3, -0.25) is 4.79 Å². The molecule has 0 bridgehead atoms. The third-order valence-corrected chi connectivity index (χ3v) is 6.44. The van der Waals surface area contributed by atoms with E-state index in [2.05, 4.69) is 29.3 Å². The monoisotopic (exact) mass is 388 g/mol. The van der Waals surface area contributed by atoms with E-state index < -0.39 is 0 Å². The topological polar surface area (TPSA) is 32.3 Å². The first-order valence-electron chi connectivity index (χ1n) is 8.56. The average Bonchev–Trinajstić information content (AvgIpc) is 2.57. The lowest BCUT2D eigenvalue weighted by molar-refractivity contribution is -0.137. The molecule has 2 fully saturated rings. The van der Waals surface area contributed by atoms with Gasteiger partial charge in [-0.1, -0.05) is 11.6 Å². The molecule has 3 nitrogen and oxygen atoms in total. The van der Waals surface area contributed by atoms with Crippen LogP contribution in [-0.2, 0) is 4.79 Å². The number of amides is 1. The summed E-state index contributed by atoms with van der Waals surface area (Å²) in [5, 5.41) is 4.81. The van der Waals surface area contributed by atoms with Gasteiger partial charge in [0, 0.05) is 40.2 Å². The molecule has 1 aromatic carbocycles. The fourth-order valence-corrected chi connectivity index (χ4v) is 4.76. The number of hydrogen-bond acceptors (Lipinski definition) is 3. The molecule has 2 atom stereocenters. The smallest absolute Gasteiger partial charge is 0.225 e. The van der Waals surface area contributed by atoms with Crippen molar-refractivity contribution in [2.75, 3.05) is 19.6 Å². The minimum Gasteiger partial charge on any atom is -0.342 e. The first-order valence-corrected chi connectivity index (χ1v) is 9.82. The van der Waals surface area contributed by atoms with Crippen LogP contribution < -0.4 is 5.32 Å². The fraction of sp³-hybridized carbons (Fsp3) is 0.611. The summed E-state index contributed by atoms with van der Waals surface area (Å²) in [7, 11) is 0. The van der Waals surface area contributed by atoms with Gasteiger partial charge in [0.15, 0.2) is 0 Å². The molecule has 2 saturated heterocycles. The van der Waals surface area contributed by atoms with Crippen LogP contribution in [0.25, 0.3) is 0 Å². The van der Waals surface area contributed by atoms with E-state index in [0.717, 1.165) is 50.3 Å². The number of hydrogen-bond donors (Lipinski definition) is 1. The molecule has 0 aromatic heterocycles. The Labute approximate surface area is 160 Å². The summed E-state index contributed by atoms with van der Waals surface area (Å²) in [5.41, 5.74) is 0. The minimum absolute atomic E-state index is 0. The van der Waals surface area contributed by atoms with Crippen LogP contribution in [0, 0.1) is 5.92 Å². The predicted octanol–water partition coefficient (Wildman–Crippen LogP) is 4.23. The Bertz CT molecular complexity index is 532. The average molecular weight is 389 g/mol. The summed E-state index contributed by atoms with van der Waals surface area (Å²) in [5.74, 6) is 0.611. The van der Waals surface area contributed by atoms with E-state index in [1.54, 1.807) is 0 Å². The number of likely N-dealkylation sites (tertiary alicyclic amines) is 1. The van der Waals surface area contributed by atoms with Crippen LogP contribution in [0.15, 0.2) is 29.2 Å². The van der Waals surface area contributed by atoms with Crippen molar-refractivity contribution in [1.29, 1.82) is 0 Å². The van der Waals surface area contributed by atoms with Crippen molar-refractivity contribution in [3.63, 3.8) is 0 Å². The van der Waals surface area contributed by atoms with Crippen molar-refractivity contribution in [1.82, 2.24) is 10.2 Å². The van der Waals surface area contributed by atoms with Gasteiger partial charge >= 0.3 is 0 Å². The van der Waals surface area contributed by atoms with Gasteiger partial charge in [0.25, 0.3) is 0 Å². The number of rotatable bonds is 3. The third kappa shape index (κ3) is 5.29. The Morgan fingerprint density at radius 3 is 2.50 bits per heavy atom. The SMILES string of the molecule is C[C@H]1C[C@@H](C(=O)N2CCC(Sc3ccc(Cl)cc3)CC2)CCN1.Cl. The Hall–Kier alpha value is -0.420. The lowest BCUT2D eigenvalue weighted by atomic mass is 9.91. The summed E-state index contributed by atoms with van der Waals surface area (Å²) >= 11 is 7.85. The van der Waals surface area contributed by atoms with Crippen molar-refractivity contribution in [3.05, 3.63) is 29.3 Å². The van der Waals surface area contributed by atoms with Crippen molar-refractivity contribution in [2.45, 2.75) is 48.8 Å². The standard InChI is InChI=1S/C18H25ClN2OS.ClH/c1-13-12-14(6-9-20-13)18(22)21-10-7-17(8-11-21)23-16-4-2-15(19)3-5-16;/h2-5,13-14,17,20H,6-12H2,1H3;1H/t13-,14-;/m0./s1. The predicted molar refractivity (Wildman–Crippen MR) is 104 cm³/mol. The molecule has 1 aromatic rings. The Morgan fingerprint density at radius 1 is 1.21 bits per heavy atom. The first-order chi connectivity index (χ1) is 11.1.